The lowest BCUT2D eigenvalue weighted by atomic mass is 10.2. The summed E-state index contributed by atoms with van der Waals surface area (Å²) in [5.41, 5.74) is 0.519. The predicted octanol–water partition coefficient (Wildman–Crippen LogP) is 5.05. The van der Waals surface area contributed by atoms with Gasteiger partial charge in [0.2, 0.25) is 0 Å². The highest BCUT2D eigenvalue weighted by molar-refractivity contribution is 7.09. The van der Waals surface area contributed by atoms with Gasteiger partial charge in [-0.05, 0) is 48.6 Å². The molecule has 0 aliphatic rings. The molecule has 28 heavy (non-hydrogen) atoms. The van der Waals surface area contributed by atoms with Crippen LogP contribution in [0, 0.1) is 0 Å². The number of carbonyl (C=O) groups excluding carboxylic acids is 2. The van der Waals surface area contributed by atoms with Gasteiger partial charge >= 0.3 is 5.97 Å². The molecule has 0 spiro atoms. The van der Waals surface area contributed by atoms with Gasteiger partial charge in [0, 0.05) is 11.3 Å². The minimum absolute atomic E-state index is 0.291. The number of thiophene rings is 1. The fourth-order valence-corrected chi connectivity index (χ4v) is 3.29. The SMILES string of the molecule is O=C(COC(=O)CCCc1cccs1)Nc1ccccc1Oc1ccccc1. The fourth-order valence-electron chi connectivity index (χ4n) is 2.54. The molecule has 1 heterocycles. The van der Waals surface area contributed by atoms with E-state index in [9.17, 15) is 9.59 Å². The summed E-state index contributed by atoms with van der Waals surface area (Å²) < 4.78 is 10.9. The Balaban J connectivity index is 1.45. The zero-order valence-electron chi connectivity index (χ0n) is 15.3. The van der Waals surface area contributed by atoms with Crippen molar-refractivity contribution in [1.82, 2.24) is 0 Å². The van der Waals surface area contributed by atoms with E-state index in [1.165, 1.54) is 4.88 Å². The molecule has 3 rings (SSSR count). The lowest BCUT2D eigenvalue weighted by molar-refractivity contribution is -0.147. The highest BCUT2D eigenvalue weighted by Gasteiger charge is 2.11. The topological polar surface area (TPSA) is 64.6 Å². The summed E-state index contributed by atoms with van der Waals surface area (Å²) in [6.07, 6.45) is 1.83. The predicted molar refractivity (Wildman–Crippen MR) is 110 cm³/mol. The van der Waals surface area contributed by atoms with Crippen molar-refractivity contribution in [3.05, 3.63) is 77.0 Å². The Kier molecular flexibility index (Phi) is 7.21. The quantitative estimate of drug-likeness (QED) is 0.515. The average molecular weight is 395 g/mol. The van der Waals surface area contributed by atoms with Crippen LogP contribution in [0.5, 0.6) is 11.5 Å². The first-order chi connectivity index (χ1) is 13.7. The fraction of sp³-hybridized carbons (Fsp3) is 0.182. The molecule has 3 aromatic rings. The number of ether oxygens (including phenoxy) is 2. The van der Waals surface area contributed by atoms with Crippen LogP contribution >= 0.6 is 11.3 Å². The number of aryl methyl sites for hydroxylation is 1. The molecule has 144 valence electrons. The first-order valence-electron chi connectivity index (χ1n) is 9.00. The number of nitrogens with one attached hydrogen (secondary N) is 1. The molecule has 0 bridgehead atoms. The van der Waals surface area contributed by atoms with Crippen molar-refractivity contribution < 1.29 is 19.1 Å². The minimum Gasteiger partial charge on any atom is -0.456 e. The second-order valence-corrected chi connectivity index (χ2v) is 7.09. The molecule has 0 aliphatic carbocycles. The first-order valence-corrected chi connectivity index (χ1v) is 9.88. The van der Waals surface area contributed by atoms with Gasteiger partial charge in [-0.1, -0.05) is 36.4 Å². The van der Waals surface area contributed by atoms with E-state index in [2.05, 4.69) is 5.32 Å². The molecule has 1 amide bonds. The molecular weight excluding hydrogens is 374 g/mol. The molecule has 0 aliphatic heterocycles. The Morgan fingerprint density at radius 1 is 0.929 bits per heavy atom. The molecule has 0 saturated carbocycles. The van der Waals surface area contributed by atoms with Gasteiger partial charge in [-0.2, -0.15) is 0 Å². The number of amides is 1. The molecule has 1 N–H and O–H groups in total. The van der Waals surface area contributed by atoms with Crippen molar-refractivity contribution in [2.75, 3.05) is 11.9 Å². The first kappa shape index (κ1) is 19.6. The third kappa shape index (κ3) is 6.25. The Hall–Kier alpha value is -3.12. The van der Waals surface area contributed by atoms with Crippen molar-refractivity contribution >= 4 is 28.9 Å². The van der Waals surface area contributed by atoms with Crippen LogP contribution in [0.1, 0.15) is 17.7 Å². The van der Waals surface area contributed by atoms with Crippen molar-refractivity contribution in [2.24, 2.45) is 0 Å². The molecule has 0 atom stereocenters. The Bertz CT molecular complexity index is 894. The molecule has 6 heteroatoms. The van der Waals surface area contributed by atoms with Crippen LogP contribution in [0.3, 0.4) is 0 Å². The van der Waals surface area contributed by atoms with Gasteiger partial charge in [-0.15, -0.1) is 11.3 Å². The maximum atomic E-state index is 12.1. The zero-order chi connectivity index (χ0) is 19.6. The van der Waals surface area contributed by atoms with Gasteiger partial charge in [-0.3, -0.25) is 9.59 Å². The van der Waals surface area contributed by atoms with E-state index in [0.717, 1.165) is 6.42 Å². The van der Waals surface area contributed by atoms with Gasteiger partial charge in [0.25, 0.3) is 5.91 Å². The summed E-state index contributed by atoms with van der Waals surface area (Å²) in [5, 5.41) is 4.74. The normalized spacial score (nSPS) is 10.3. The minimum atomic E-state index is -0.407. The number of benzene rings is 2. The number of hydrogen-bond donors (Lipinski definition) is 1. The Morgan fingerprint density at radius 2 is 1.71 bits per heavy atom. The lowest BCUT2D eigenvalue weighted by Gasteiger charge is -2.12. The van der Waals surface area contributed by atoms with E-state index >= 15 is 0 Å². The number of hydrogen-bond acceptors (Lipinski definition) is 5. The lowest BCUT2D eigenvalue weighted by Crippen LogP contribution is -2.21. The van der Waals surface area contributed by atoms with Crippen LogP contribution in [0.25, 0.3) is 0 Å². The maximum Gasteiger partial charge on any atom is 0.306 e. The van der Waals surface area contributed by atoms with Crippen LogP contribution in [0.4, 0.5) is 5.69 Å². The summed E-state index contributed by atoms with van der Waals surface area (Å²) in [5.74, 6) is 0.405. The van der Waals surface area contributed by atoms with Crippen LogP contribution in [-0.4, -0.2) is 18.5 Å². The van der Waals surface area contributed by atoms with Gasteiger partial charge in [0.1, 0.15) is 5.75 Å². The van der Waals surface area contributed by atoms with E-state index < -0.39 is 5.91 Å². The van der Waals surface area contributed by atoms with Crippen LogP contribution < -0.4 is 10.1 Å². The smallest absolute Gasteiger partial charge is 0.306 e. The Labute approximate surface area is 167 Å². The second-order valence-electron chi connectivity index (χ2n) is 6.05. The summed E-state index contributed by atoms with van der Waals surface area (Å²) in [6, 6.07) is 20.4. The molecule has 1 aromatic heterocycles. The van der Waals surface area contributed by atoms with Crippen molar-refractivity contribution in [1.29, 1.82) is 0 Å². The van der Waals surface area contributed by atoms with Gasteiger partial charge in [0.15, 0.2) is 12.4 Å². The van der Waals surface area contributed by atoms with Gasteiger partial charge in [0.05, 0.1) is 5.69 Å². The largest absolute Gasteiger partial charge is 0.456 e. The molecular formula is C22H21NO4S. The van der Waals surface area contributed by atoms with E-state index in [4.69, 9.17) is 9.47 Å². The number of para-hydroxylation sites is 3. The van der Waals surface area contributed by atoms with Gasteiger partial charge in [-0.25, -0.2) is 0 Å². The maximum absolute atomic E-state index is 12.1. The van der Waals surface area contributed by atoms with Crippen LogP contribution in [-0.2, 0) is 20.7 Å². The summed E-state index contributed by atoms with van der Waals surface area (Å²) in [4.78, 5) is 25.2. The third-order valence-electron chi connectivity index (χ3n) is 3.88. The third-order valence-corrected chi connectivity index (χ3v) is 4.82. The second kappa shape index (κ2) is 10.3. The van der Waals surface area contributed by atoms with E-state index in [0.29, 0.717) is 30.0 Å². The van der Waals surface area contributed by atoms with Crippen molar-refractivity contribution in [3.8, 4) is 11.5 Å². The molecule has 0 fully saturated rings. The Morgan fingerprint density at radius 3 is 2.50 bits per heavy atom. The van der Waals surface area contributed by atoms with Crippen LogP contribution in [0.15, 0.2) is 72.1 Å². The van der Waals surface area contributed by atoms with Crippen molar-refractivity contribution in [3.63, 3.8) is 0 Å². The zero-order valence-corrected chi connectivity index (χ0v) is 16.1. The summed E-state index contributed by atoms with van der Waals surface area (Å²) in [7, 11) is 0. The number of rotatable bonds is 9. The number of carbonyl (C=O) groups is 2. The van der Waals surface area contributed by atoms with Gasteiger partial charge < -0.3 is 14.8 Å². The number of esters is 1. The summed E-state index contributed by atoms with van der Waals surface area (Å²) in [6.45, 7) is -0.322. The highest BCUT2D eigenvalue weighted by Crippen LogP contribution is 2.29. The number of anilines is 1. The molecule has 0 radical (unpaired) electrons. The highest BCUT2D eigenvalue weighted by atomic mass is 32.1. The molecule has 5 nitrogen and oxygen atoms in total. The van der Waals surface area contributed by atoms with Crippen LogP contribution in [0.2, 0.25) is 0 Å². The van der Waals surface area contributed by atoms with E-state index in [-0.39, 0.29) is 12.6 Å². The van der Waals surface area contributed by atoms with E-state index in [1.54, 1.807) is 29.5 Å². The molecule has 0 unspecified atom stereocenters. The van der Waals surface area contributed by atoms with Crippen molar-refractivity contribution in [2.45, 2.75) is 19.3 Å². The standard InChI is InChI=1S/C22H21NO4S/c24-21(16-26-22(25)14-6-10-18-11-7-15-28-18)23-19-12-4-5-13-20(19)27-17-8-2-1-3-9-17/h1-5,7-9,11-13,15H,6,10,14,16H2,(H,23,24). The molecule has 0 saturated heterocycles. The van der Waals surface area contributed by atoms with E-state index in [1.807, 2.05) is 53.9 Å². The molecule has 2 aromatic carbocycles. The summed E-state index contributed by atoms with van der Waals surface area (Å²) >= 11 is 1.67. The monoisotopic (exact) mass is 395 g/mol. The average Bonchev–Trinajstić information content (AvgIpc) is 3.22.